The lowest BCUT2D eigenvalue weighted by Crippen LogP contribution is -2.30. The number of benzene rings is 1. The lowest BCUT2D eigenvalue weighted by atomic mass is 10.2. The average Bonchev–Trinajstić information content (AvgIpc) is 2.37. The van der Waals surface area contributed by atoms with Gasteiger partial charge >= 0.3 is 0 Å². The van der Waals surface area contributed by atoms with Crippen molar-refractivity contribution in [1.82, 2.24) is 4.31 Å². The SMILES string of the molecule is N#CCN(CC#N)S(=O)(=O)/C=C/c1ccccc1Cl. The van der Waals surface area contributed by atoms with Gasteiger partial charge in [-0.2, -0.15) is 14.8 Å². The van der Waals surface area contributed by atoms with Crippen molar-refractivity contribution in [3.05, 3.63) is 40.3 Å². The fourth-order valence-corrected chi connectivity index (χ4v) is 2.41. The summed E-state index contributed by atoms with van der Waals surface area (Å²) < 4.78 is 24.6. The molecule has 5 nitrogen and oxygen atoms in total. The Hall–Kier alpha value is -1.86. The van der Waals surface area contributed by atoms with Crippen molar-refractivity contribution < 1.29 is 8.42 Å². The predicted octanol–water partition coefficient (Wildman–Crippen LogP) is 1.99. The van der Waals surface area contributed by atoms with Crippen LogP contribution in [0.4, 0.5) is 0 Å². The Kier molecular flexibility index (Phi) is 5.53. The summed E-state index contributed by atoms with van der Waals surface area (Å²) in [4.78, 5) is 0. The van der Waals surface area contributed by atoms with E-state index in [9.17, 15) is 8.42 Å². The minimum absolute atomic E-state index is 0.372. The molecule has 0 aliphatic heterocycles. The summed E-state index contributed by atoms with van der Waals surface area (Å²) in [5.74, 6) is 0. The Bertz CT molecular complexity index is 640. The zero-order chi connectivity index (χ0) is 14.3. The molecule has 0 saturated heterocycles. The number of hydrogen-bond acceptors (Lipinski definition) is 4. The van der Waals surface area contributed by atoms with Crippen molar-refractivity contribution in [3.63, 3.8) is 0 Å². The molecule has 0 atom stereocenters. The molecule has 98 valence electrons. The maximum Gasteiger partial charge on any atom is 0.238 e. The van der Waals surface area contributed by atoms with Gasteiger partial charge in [0.25, 0.3) is 0 Å². The first-order valence-electron chi connectivity index (χ1n) is 5.18. The van der Waals surface area contributed by atoms with E-state index in [1.54, 1.807) is 36.4 Å². The highest BCUT2D eigenvalue weighted by Gasteiger charge is 2.18. The van der Waals surface area contributed by atoms with Crippen molar-refractivity contribution in [2.24, 2.45) is 0 Å². The molecule has 1 aromatic rings. The fraction of sp³-hybridized carbons (Fsp3) is 0.167. The molecule has 19 heavy (non-hydrogen) atoms. The van der Waals surface area contributed by atoms with E-state index in [-0.39, 0.29) is 13.1 Å². The number of nitriles is 2. The smallest absolute Gasteiger partial charge is 0.207 e. The molecule has 1 rings (SSSR count). The van der Waals surface area contributed by atoms with Crippen LogP contribution in [-0.4, -0.2) is 25.8 Å². The number of nitrogens with zero attached hydrogens (tertiary/aromatic N) is 3. The van der Waals surface area contributed by atoms with Gasteiger partial charge in [-0.25, -0.2) is 8.42 Å². The van der Waals surface area contributed by atoms with Crippen LogP contribution in [0.2, 0.25) is 5.02 Å². The van der Waals surface area contributed by atoms with Gasteiger partial charge in [-0.05, 0) is 17.7 Å². The van der Waals surface area contributed by atoms with Gasteiger partial charge in [-0.3, -0.25) is 0 Å². The van der Waals surface area contributed by atoms with Gasteiger partial charge in [0, 0.05) is 10.4 Å². The largest absolute Gasteiger partial charge is 0.238 e. The zero-order valence-electron chi connectivity index (χ0n) is 9.82. The minimum Gasteiger partial charge on any atom is -0.207 e. The highest BCUT2D eigenvalue weighted by Crippen LogP contribution is 2.17. The van der Waals surface area contributed by atoms with Gasteiger partial charge < -0.3 is 0 Å². The molecule has 0 heterocycles. The van der Waals surface area contributed by atoms with E-state index in [0.29, 0.717) is 10.6 Å². The van der Waals surface area contributed by atoms with E-state index in [1.807, 2.05) is 0 Å². The molecule has 0 aromatic heterocycles. The van der Waals surface area contributed by atoms with Crippen LogP contribution in [-0.2, 0) is 10.0 Å². The molecular weight excluding hydrogens is 286 g/mol. The quantitative estimate of drug-likeness (QED) is 0.777. The molecule has 0 aliphatic rings. The molecule has 0 unspecified atom stereocenters. The predicted molar refractivity (Wildman–Crippen MR) is 72.2 cm³/mol. The summed E-state index contributed by atoms with van der Waals surface area (Å²) in [6, 6.07) is 10.2. The van der Waals surface area contributed by atoms with Crippen molar-refractivity contribution in [3.8, 4) is 12.1 Å². The maximum atomic E-state index is 11.9. The second-order valence-corrected chi connectivity index (χ2v) is 5.68. The minimum atomic E-state index is -3.81. The number of halogens is 1. The van der Waals surface area contributed by atoms with Crippen LogP contribution in [0.25, 0.3) is 6.08 Å². The lowest BCUT2D eigenvalue weighted by molar-refractivity contribution is 0.488. The summed E-state index contributed by atoms with van der Waals surface area (Å²) in [5.41, 5.74) is 0.543. The molecule has 0 radical (unpaired) electrons. The highest BCUT2D eigenvalue weighted by atomic mass is 35.5. The third-order valence-electron chi connectivity index (χ3n) is 2.18. The normalized spacial score (nSPS) is 11.4. The van der Waals surface area contributed by atoms with Crippen molar-refractivity contribution in [1.29, 1.82) is 10.5 Å². The summed E-state index contributed by atoms with van der Waals surface area (Å²) in [6.45, 7) is -0.745. The Balaban J connectivity index is 3.00. The first-order chi connectivity index (χ1) is 9.01. The van der Waals surface area contributed by atoms with Gasteiger partial charge in [0.15, 0.2) is 0 Å². The van der Waals surface area contributed by atoms with Crippen molar-refractivity contribution in [2.75, 3.05) is 13.1 Å². The van der Waals surface area contributed by atoms with E-state index in [4.69, 9.17) is 22.1 Å². The van der Waals surface area contributed by atoms with E-state index < -0.39 is 10.0 Å². The van der Waals surface area contributed by atoms with Gasteiger partial charge in [0.1, 0.15) is 13.1 Å². The molecule has 0 spiro atoms. The van der Waals surface area contributed by atoms with Crippen LogP contribution in [0, 0.1) is 22.7 Å². The second kappa shape index (κ2) is 6.91. The summed E-state index contributed by atoms with van der Waals surface area (Å²) >= 11 is 5.89. The molecule has 7 heteroatoms. The van der Waals surface area contributed by atoms with Gasteiger partial charge in [-0.15, -0.1) is 0 Å². The summed E-state index contributed by atoms with van der Waals surface area (Å²) in [5, 5.41) is 18.4. The topological polar surface area (TPSA) is 85.0 Å². The zero-order valence-corrected chi connectivity index (χ0v) is 11.4. The van der Waals surface area contributed by atoms with E-state index >= 15 is 0 Å². The molecule has 0 bridgehead atoms. The van der Waals surface area contributed by atoms with Crippen LogP contribution in [0.1, 0.15) is 5.56 Å². The van der Waals surface area contributed by atoms with Gasteiger partial charge in [0.05, 0.1) is 12.1 Å². The number of hydrogen-bond donors (Lipinski definition) is 0. The fourth-order valence-electron chi connectivity index (χ4n) is 1.25. The van der Waals surface area contributed by atoms with Crippen LogP contribution >= 0.6 is 11.6 Å². The molecule has 0 N–H and O–H groups in total. The number of sulfonamides is 1. The van der Waals surface area contributed by atoms with Gasteiger partial charge in [-0.1, -0.05) is 29.8 Å². The number of rotatable bonds is 5. The van der Waals surface area contributed by atoms with E-state index in [1.165, 1.54) is 6.08 Å². The second-order valence-electron chi connectivity index (χ2n) is 3.45. The Morgan fingerprint density at radius 1 is 1.21 bits per heavy atom. The summed E-state index contributed by atoms with van der Waals surface area (Å²) in [7, 11) is -3.81. The monoisotopic (exact) mass is 295 g/mol. The Labute approximate surface area is 117 Å². The van der Waals surface area contributed by atoms with Crippen molar-refractivity contribution >= 4 is 27.7 Å². The molecular formula is C12H10ClN3O2S. The van der Waals surface area contributed by atoms with Crippen LogP contribution in [0.15, 0.2) is 29.7 Å². The lowest BCUT2D eigenvalue weighted by Gasteiger charge is -2.12. The highest BCUT2D eigenvalue weighted by molar-refractivity contribution is 7.92. The molecule has 0 fully saturated rings. The average molecular weight is 296 g/mol. The third kappa shape index (κ3) is 4.38. The molecule has 0 saturated carbocycles. The molecule has 0 aliphatic carbocycles. The Morgan fingerprint density at radius 3 is 2.32 bits per heavy atom. The van der Waals surface area contributed by atoms with Crippen LogP contribution in [0.5, 0.6) is 0 Å². The van der Waals surface area contributed by atoms with E-state index in [0.717, 1.165) is 9.71 Å². The first kappa shape index (κ1) is 15.2. The first-order valence-corrected chi connectivity index (χ1v) is 7.06. The Morgan fingerprint density at radius 2 is 1.79 bits per heavy atom. The van der Waals surface area contributed by atoms with E-state index in [2.05, 4.69) is 0 Å². The summed E-state index contributed by atoms with van der Waals surface area (Å²) in [6.07, 6.45) is 1.33. The molecule has 0 amide bonds. The van der Waals surface area contributed by atoms with Crippen LogP contribution in [0.3, 0.4) is 0 Å². The third-order valence-corrected chi connectivity index (χ3v) is 3.98. The standard InChI is InChI=1S/C12H10ClN3O2S/c13-12-4-2-1-3-11(12)5-10-19(17,18)16(8-6-14)9-7-15/h1-5,10H,8-9H2/b10-5+. The van der Waals surface area contributed by atoms with Gasteiger partial charge in [0.2, 0.25) is 10.0 Å². The van der Waals surface area contributed by atoms with Crippen LogP contribution < -0.4 is 0 Å². The maximum absolute atomic E-state index is 11.9. The molecule has 1 aromatic carbocycles. The van der Waals surface area contributed by atoms with Crippen molar-refractivity contribution in [2.45, 2.75) is 0 Å².